The zero-order valence-corrected chi connectivity index (χ0v) is 10.5. The molecule has 0 aliphatic carbocycles. The molecule has 0 aliphatic rings. The van der Waals surface area contributed by atoms with E-state index in [2.05, 4.69) is 66.0 Å². The van der Waals surface area contributed by atoms with Gasteiger partial charge in [-0.05, 0) is 38.5 Å². The molecule has 14 heavy (non-hydrogen) atoms. The Balaban J connectivity index is 2.54. The summed E-state index contributed by atoms with van der Waals surface area (Å²) in [6.45, 7) is 6.31. The Morgan fingerprint density at radius 2 is 1.79 bits per heavy atom. The van der Waals surface area contributed by atoms with E-state index in [-0.39, 0.29) is 5.54 Å². The number of hydrogen-bond acceptors (Lipinski definition) is 1. The van der Waals surface area contributed by atoms with Crippen LogP contribution in [0, 0.1) is 0 Å². The summed E-state index contributed by atoms with van der Waals surface area (Å²) < 4.78 is 1.12. The molecular formula is C12H16BrN. The first kappa shape index (κ1) is 11.4. The molecule has 1 rings (SSSR count). The van der Waals surface area contributed by atoms with Crippen LogP contribution in [0.3, 0.4) is 0 Å². The first-order valence-electron chi connectivity index (χ1n) is 4.75. The lowest BCUT2D eigenvalue weighted by Crippen LogP contribution is -2.09. The first-order chi connectivity index (χ1) is 6.47. The van der Waals surface area contributed by atoms with E-state index in [0.717, 1.165) is 10.9 Å². The van der Waals surface area contributed by atoms with Crippen LogP contribution < -0.4 is 0 Å². The quantitative estimate of drug-likeness (QED) is 0.710. The first-order valence-corrected chi connectivity index (χ1v) is 5.55. The minimum atomic E-state index is 0.0371. The third-order valence-corrected chi connectivity index (χ3v) is 2.25. The largest absolute Gasteiger partial charge is 0.291 e. The molecule has 1 nitrogen and oxygen atoms in total. The van der Waals surface area contributed by atoms with Crippen molar-refractivity contribution in [2.24, 2.45) is 4.99 Å². The molecule has 0 aromatic heterocycles. The van der Waals surface area contributed by atoms with Gasteiger partial charge in [-0.15, -0.1) is 0 Å². The van der Waals surface area contributed by atoms with Crippen molar-refractivity contribution in [3.63, 3.8) is 0 Å². The highest BCUT2D eigenvalue weighted by Gasteiger charge is 2.03. The van der Waals surface area contributed by atoms with Crippen molar-refractivity contribution in [1.29, 1.82) is 0 Å². The SMILES string of the molecule is CC(C)(C)N=CCc1ccc(Br)cc1. The van der Waals surface area contributed by atoms with Crippen LogP contribution in [0.4, 0.5) is 0 Å². The summed E-state index contributed by atoms with van der Waals surface area (Å²) in [7, 11) is 0. The van der Waals surface area contributed by atoms with Crippen LogP contribution in [0.15, 0.2) is 33.7 Å². The van der Waals surface area contributed by atoms with Gasteiger partial charge in [0, 0.05) is 17.1 Å². The van der Waals surface area contributed by atoms with Gasteiger partial charge in [0.15, 0.2) is 0 Å². The maximum Gasteiger partial charge on any atom is 0.0520 e. The molecule has 0 spiro atoms. The fourth-order valence-corrected chi connectivity index (χ4v) is 1.31. The van der Waals surface area contributed by atoms with Gasteiger partial charge in [0.25, 0.3) is 0 Å². The van der Waals surface area contributed by atoms with Crippen LogP contribution in [0.5, 0.6) is 0 Å². The Morgan fingerprint density at radius 3 is 2.29 bits per heavy atom. The maximum absolute atomic E-state index is 4.44. The van der Waals surface area contributed by atoms with Gasteiger partial charge in [0.2, 0.25) is 0 Å². The van der Waals surface area contributed by atoms with Crippen LogP contribution in [0.25, 0.3) is 0 Å². The third kappa shape index (κ3) is 4.56. The van der Waals surface area contributed by atoms with Crippen LogP contribution in [0.2, 0.25) is 0 Å². The molecular weight excluding hydrogens is 238 g/mol. The van der Waals surface area contributed by atoms with Gasteiger partial charge in [0.1, 0.15) is 0 Å². The Bertz CT molecular complexity index is 306. The van der Waals surface area contributed by atoms with Crippen molar-refractivity contribution in [1.82, 2.24) is 0 Å². The molecule has 2 heteroatoms. The fraction of sp³-hybridized carbons (Fsp3) is 0.417. The van der Waals surface area contributed by atoms with Crippen LogP contribution >= 0.6 is 15.9 Å². The number of nitrogens with zero attached hydrogens (tertiary/aromatic N) is 1. The molecule has 0 N–H and O–H groups in total. The zero-order chi connectivity index (χ0) is 10.6. The summed E-state index contributed by atoms with van der Waals surface area (Å²) in [5.41, 5.74) is 1.33. The van der Waals surface area contributed by atoms with Gasteiger partial charge >= 0.3 is 0 Å². The van der Waals surface area contributed by atoms with Crippen LogP contribution in [-0.4, -0.2) is 11.8 Å². The highest BCUT2D eigenvalue weighted by molar-refractivity contribution is 9.10. The smallest absolute Gasteiger partial charge is 0.0520 e. The molecule has 1 aromatic carbocycles. The summed E-state index contributed by atoms with van der Waals surface area (Å²) in [5.74, 6) is 0. The van der Waals surface area contributed by atoms with Gasteiger partial charge in [0.05, 0.1) is 5.54 Å². The van der Waals surface area contributed by atoms with E-state index in [4.69, 9.17) is 0 Å². The summed E-state index contributed by atoms with van der Waals surface area (Å²) in [6.07, 6.45) is 2.90. The standard InChI is InChI=1S/C12H16BrN/c1-12(2,3)14-9-8-10-4-6-11(13)7-5-10/h4-7,9H,8H2,1-3H3. The second kappa shape index (κ2) is 4.74. The number of benzene rings is 1. The van der Waals surface area contributed by atoms with Gasteiger partial charge in [-0.25, -0.2) is 0 Å². The zero-order valence-electron chi connectivity index (χ0n) is 8.92. The van der Waals surface area contributed by atoms with Crippen molar-refractivity contribution >= 4 is 22.1 Å². The molecule has 0 aliphatic heterocycles. The highest BCUT2D eigenvalue weighted by Crippen LogP contribution is 2.11. The Morgan fingerprint density at radius 1 is 1.21 bits per heavy atom. The molecule has 1 aromatic rings. The number of rotatable bonds is 2. The molecule has 0 radical (unpaired) electrons. The van der Waals surface area contributed by atoms with E-state index in [1.807, 2.05) is 6.21 Å². The van der Waals surface area contributed by atoms with Crippen LogP contribution in [-0.2, 0) is 6.42 Å². The van der Waals surface area contributed by atoms with Crippen molar-refractivity contribution in [2.45, 2.75) is 32.7 Å². The summed E-state index contributed by atoms with van der Waals surface area (Å²) in [6, 6.07) is 8.33. The molecule has 0 saturated heterocycles. The Hall–Kier alpha value is -0.630. The van der Waals surface area contributed by atoms with E-state index in [9.17, 15) is 0 Å². The minimum absolute atomic E-state index is 0.0371. The molecule has 0 heterocycles. The molecule has 0 fully saturated rings. The predicted octanol–water partition coefficient (Wildman–Crippen LogP) is 3.86. The second-order valence-corrected chi connectivity index (χ2v) is 5.23. The predicted molar refractivity (Wildman–Crippen MR) is 66.1 cm³/mol. The molecule has 0 unspecified atom stereocenters. The van der Waals surface area contributed by atoms with Gasteiger partial charge in [-0.2, -0.15) is 0 Å². The van der Waals surface area contributed by atoms with Crippen molar-refractivity contribution < 1.29 is 0 Å². The lowest BCUT2D eigenvalue weighted by molar-refractivity contribution is 0.585. The van der Waals surface area contributed by atoms with E-state index in [1.54, 1.807) is 0 Å². The highest BCUT2D eigenvalue weighted by atomic mass is 79.9. The summed E-state index contributed by atoms with van der Waals surface area (Å²) in [4.78, 5) is 4.44. The fourth-order valence-electron chi connectivity index (χ4n) is 1.05. The molecule has 0 amide bonds. The summed E-state index contributed by atoms with van der Waals surface area (Å²) >= 11 is 3.41. The average Bonchev–Trinajstić information content (AvgIpc) is 2.06. The molecule has 0 bridgehead atoms. The van der Waals surface area contributed by atoms with Gasteiger partial charge in [-0.1, -0.05) is 28.1 Å². The lowest BCUT2D eigenvalue weighted by atomic mass is 10.1. The normalized spacial score (nSPS) is 12.3. The minimum Gasteiger partial charge on any atom is -0.291 e. The van der Waals surface area contributed by atoms with Crippen molar-refractivity contribution in [3.8, 4) is 0 Å². The average molecular weight is 254 g/mol. The number of halogens is 1. The van der Waals surface area contributed by atoms with E-state index >= 15 is 0 Å². The summed E-state index contributed by atoms with van der Waals surface area (Å²) in [5, 5.41) is 0. The Kier molecular flexibility index (Phi) is 3.87. The van der Waals surface area contributed by atoms with Crippen LogP contribution in [0.1, 0.15) is 26.3 Å². The number of hydrogen-bond donors (Lipinski definition) is 0. The molecule has 0 saturated carbocycles. The second-order valence-electron chi connectivity index (χ2n) is 4.31. The van der Waals surface area contributed by atoms with Gasteiger partial charge < -0.3 is 0 Å². The van der Waals surface area contributed by atoms with E-state index in [1.165, 1.54) is 5.56 Å². The van der Waals surface area contributed by atoms with E-state index < -0.39 is 0 Å². The monoisotopic (exact) mass is 253 g/mol. The van der Waals surface area contributed by atoms with Crippen molar-refractivity contribution in [3.05, 3.63) is 34.3 Å². The molecule has 76 valence electrons. The lowest BCUT2D eigenvalue weighted by Gasteiger charge is -2.10. The molecule has 0 atom stereocenters. The number of aliphatic imine (C=N–C) groups is 1. The third-order valence-electron chi connectivity index (χ3n) is 1.72. The maximum atomic E-state index is 4.44. The van der Waals surface area contributed by atoms with Gasteiger partial charge in [-0.3, -0.25) is 4.99 Å². The van der Waals surface area contributed by atoms with E-state index in [0.29, 0.717) is 0 Å². The van der Waals surface area contributed by atoms with Crippen molar-refractivity contribution in [2.75, 3.05) is 0 Å². The Labute approximate surface area is 94.4 Å². The topological polar surface area (TPSA) is 12.4 Å².